The molecular formula is C33H54O5Si2. The van der Waals surface area contributed by atoms with Crippen molar-refractivity contribution in [2.24, 2.45) is 11.8 Å². The van der Waals surface area contributed by atoms with Gasteiger partial charge in [0, 0.05) is 13.0 Å². The molecule has 1 aromatic carbocycles. The third-order valence-corrected chi connectivity index (χ3v) is 19.2. The van der Waals surface area contributed by atoms with E-state index in [2.05, 4.69) is 86.2 Å². The van der Waals surface area contributed by atoms with Gasteiger partial charge in [-0.3, -0.25) is 0 Å². The maximum Gasteiger partial charge on any atom is 0.193 e. The minimum absolute atomic E-state index is 0.0282. The molecule has 3 rings (SSSR count). The predicted octanol–water partition coefficient (Wildman–Crippen LogP) is 7.58. The summed E-state index contributed by atoms with van der Waals surface area (Å²) in [5.41, 5.74) is -1.75. The molecule has 40 heavy (non-hydrogen) atoms. The Balaban J connectivity index is 1.99. The van der Waals surface area contributed by atoms with Crippen molar-refractivity contribution in [1.82, 2.24) is 0 Å². The summed E-state index contributed by atoms with van der Waals surface area (Å²) in [7, 11) is -2.48. The second-order valence-corrected chi connectivity index (χ2v) is 24.3. The van der Waals surface area contributed by atoms with Gasteiger partial charge in [-0.15, -0.1) is 6.58 Å². The van der Waals surface area contributed by atoms with Crippen LogP contribution < -0.4 is 4.74 Å². The molecule has 0 aromatic heterocycles. The maximum absolute atomic E-state index is 11.4. The standard InChI is InChI=1S/C33H54O5Si2/c1-13-32(34)23-28-27(29(21-22-33(28,32)35-8)38-40(11,12)31(5,6)7)20-19-26(37-39(9,10)30(2,3)4)24-36-25-17-15-14-16-18-25/h13-18,26-29,34H,1,21-24H2,2-12H3/t26-,27+,28+,29+,32?,33+/m1/s1. The number of aliphatic hydroxyl groups is 1. The summed E-state index contributed by atoms with van der Waals surface area (Å²) in [5.74, 6) is 7.92. The Hall–Kier alpha value is -1.41. The monoisotopic (exact) mass is 586 g/mol. The van der Waals surface area contributed by atoms with Crippen molar-refractivity contribution in [3.63, 3.8) is 0 Å². The van der Waals surface area contributed by atoms with Crippen LogP contribution in [0, 0.1) is 23.7 Å². The van der Waals surface area contributed by atoms with Crippen LogP contribution in [0.3, 0.4) is 0 Å². The molecule has 2 aliphatic rings. The molecule has 1 N–H and O–H groups in total. The largest absolute Gasteiger partial charge is 0.490 e. The molecule has 0 bridgehead atoms. The second kappa shape index (κ2) is 11.7. The van der Waals surface area contributed by atoms with Crippen LogP contribution in [0.5, 0.6) is 5.75 Å². The van der Waals surface area contributed by atoms with Crippen LogP contribution in [0.25, 0.3) is 0 Å². The zero-order valence-corrected chi connectivity index (χ0v) is 28.9. The highest BCUT2D eigenvalue weighted by atomic mass is 28.4. The Morgan fingerprint density at radius 1 is 1.05 bits per heavy atom. The molecule has 0 radical (unpaired) electrons. The molecule has 0 aliphatic heterocycles. The van der Waals surface area contributed by atoms with E-state index in [0.29, 0.717) is 13.0 Å². The van der Waals surface area contributed by atoms with E-state index in [1.54, 1.807) is 13.2 Å². The van der Waals surface area contributed by atoms with Crippen LogP contribution in [0.1, 0.15) is 60.8 Å². The lowest BCUT2D eigenvalue weighted by Crippen LogP contribution is -2.74. The van der Waals surface area contributed by atoms with E-state index in [-0.39, 0.29) is 34.1 Å². The van der Waals surface area contributed by atoms with Gasteiger partial charge in [0.05, 0.1) is 12.0 Å². The number of hydrogen-bond acceptors (Lipinski definition) is 5. The zero-order chi connectivity index (χ0) is 30.2. The average molecular weight is 587 g/mol. The topological polar surface area (TPSA) is 57.2 Å². The Kier molecular flexibility index (Phi) is 9.68. The van der Waals surface area contributed by atoms with Crippen LogP contribution >= 0.6 is 0 Å². The summed E-state index contributed by atoms with van der Waals surface area (Å²) in [4.78, 5) is 0. The van der Waals surface area contributed by atoms with Gasteiger partial charge < -0.3 is 23.4 Å². The second-order valence-electron chi connectivity index (χ2n) is 14.8. The molecule has 224 valence electrons. The first-order chi connectivity index (χ1) is 18.3. The van der Waals surface area contributed by atoms with Gasteiger partial charge in [0.25, 0.3) is 0 Å². The van der Waals surface area contributed by atoms with Gasteiger partial charge in [-0.2, -0.15) is 0 Å². The van der Waals surface area contributed by atoms with Crippen LogP contribution in [0.15, 0.2) is 43.0 Å². The van der Waals surface area contributed by atoms with Crippen molar-refractivity contribution in [3.8, 4) is 17.6 Å². The molecule has 2 saturated carbocycles. The zero-order valence-electron chi connectivity index (χ0n) is 26.9. The van der Waals surface area contributed by atoms with E-state index >= 15 is 0 Å². The lowest BCUT2D eigenvalue weighted by Gasteiger charge is -2.64. The van der Waals surface area contributed by atoms with Gasteiger partial charge in [-0.25, -0.2) is 0 Å². The summed E-state index contributed by atoms with van der Waals surface area (Å²) in [5, 5.41) is 11.5. The van der Waals surface area contributed by atoms with Crippen LogP contribution in [0.2, 0.25) is 36.3 Å². The maximum atomic E-state index is 11.4. The van der Waals surface area contributed by atoms with Crippen LogP contribution in [0.4, 0.5) is 0 Å². The molecule has 0 saturated heterocycles. The molecule has 0 amide bonds. The lowest BCUT2D eigenvalue weighted by molar-refractivity contribution is -0.283. The Morgan fingerprint density at radius 3 is 2.17 bits per heavy atom. The van der Waals surface area contributed by atoms with E-state index in [0.717, 1.165) is 18.6 Å². The number of benzene rings is 1. The first-order valence-corrected chi connectivity index (χ1v) is 20.6. The van der Waals surface area contributed by atoms with Gasteiger partial charge in [-0.05, 0) is 67.7 Å². The van der Waals surface area contributed by atoms with Crippen LogP contribution in [-0.4, -0.2) is 58.9 Å². The summed E-state index contributed by atoms with van der Waals surface area (Å²) >= 11 is 0. The van der Waals surface area contributed by atoms with Crippen molar-refractivity contribution in [1.29, 1.82) is 0 Å². The van der Waals surface area contributed by atoms with Crippen molar-refractivity contribution >= 4 is 16.6 Å². The van der Waals surface area contributed by atoms with Gasteiger partial charge in [0.2, 0.25) is 0 Å². The normalized spacial score (nSPS) is 29.9. The third-order valence-electron chi connectivity index (χ3n) is 10.2. The number of methoxy groups -OCH3 is 1. The first-order valence-electron chi connectivity index (χ1n) is 14.8. The van der Waals surface area contributed by atoms with Crippen molar-refractivity contribution in [2.45, 2.75) is 120 Å². The number of para-hydroxylation sites is 1. The van der Waals surface area contributed by atoms with E-state index in [4.69, 9.17) is 18.3 Å². The smallest absolute Gasteiger partial charge is 0.193 e. The number of ether oxygens (including phenoxy) is 2. The molecule has 0 spiro atoms. The van der Waals surface area contributed by atoms with E-state index in [9.17, 15) is 5.11 Å². The highest BCUT2D eigenvalue weighted by Crippen LogP contribution is 2.60. The summed E-state index contributed by atoms with van der Waals surface area (Å²) < 4.78 is 26.1. The molecule has 0 heterocycles. The van der Waals surface area contributed by atoms with E-state index in [1.165, 1.54) is 0 Å². The van der Waals surface area contributed by atoms with Gasteiger partial charge in [0.15, 0.2) is 16.6 Å². The molecule has 5 nitrogen and oxygen atoms in total. The molecular weight excluding hydrogens is 533 g/mol. The number of rotatable bonds is 9. The molecule has 7 heteroatoms. The summed E-state index contributed by atoms with van der Waals surface area (Å²) in [6, 6.07) is 9.83. The third kappa shape index (κ3) is 6.48. The number of hydrogen-bond donors (Lipinski definition) is 1. The Morgan fingerprint density at radius 2 is 1.65 bits per heavy atom. The Labute approximate surface area is 246 Å². The highest BCUT2D eigenvalue weighted by Gasteiger charge is 2.69. The minimum atomic E-state index is -2.12. The molecule has 1 unspecified atom stereocenters. The SMILES string of the molecule is C=CC1(O)C[C@H]2[C@H](C#C[C@H](COc3ccccc3)O[Si](C)(C)C(C)(C)C)[C@@H](O[Si](C)(C)C(C)(C)C)CC[C@]21OC. The van der Waals surface area contributed by atoms with Gasteiger partial charge in [-0.1, -0.05) is 77.7 Å². The fraction of sp³-hybridized carbons (Fsp3) is 0.697. The van der Waals surface area contributed by atoms with E-state index in [1.807, 2.05) is 30.3 Å². The van der Waals surface area contributed by atoms with Gasteiger partial charge >= 0.3 is 0 Å². The number of fused-ring (bicyclic) bond motifs is 1. The molecule has 6 atom stereocenters. The summed E-state index contributed by atoms with van der Waals surface area (Å²) in [6.07, 6.45) is 3.31. The summed E-state index contributed by atoms with van der Waals surface area (Å²) in [6.45, 7) is 26.9. The van der Waals surface area contributed by atoms with E-state index < -0.39 is 27.8 Å². The quantitative estimate of drug-likeness (QED) is 0.184. The van der Waals surface area contributed by atoms with Crippen molar-refractivity contribution < 1.29 is 23.4 Å². The average Bonchev–Trinajstić information content (AvgIpc) is 2.85. The van der Waals surface area contributed by atoms with Crippen molar-refractivity contribution in [3.05, 3.63) is 43.0 Å². The molecule has 2 aliphatic carbocycles. The first kappa shape index (κ1) is 33.1. The fourth-order valence-electron chi connectivity index (χ4n) is 5.56. The van der Waals surface area contributed by atoms with Gasteiger partial charge in [0.1, 0.15) is 29.7 Å². The minimum Gasteiger partial charge on any atom is -0.490 e. The van der Waals surface area contributed by atoms with Crippen LogP contribution in [-0.2, 0) is 13.6 Å². The molecule has 1 aromatic rings. The predicted molar refractivity (Wildman–Crippen MR) is 170 cm³/mol. The Bertz CT molecular complexity index is 1080. The molecule has 2 fully saturated rings. The van der Waals surface area contributed by atoms with Crippen molar-refractivity contribution in [2.75, 3.05) is 13.7 Å². The fourth-order valence-corrected chi connectivity index (χ4v) is 8.13. The lowest BCUT2D eigenvalue weighted by atomic mass is 9.48. The highest BCUT2D eigenvalue weighted by molar-refractivity contribution is 6.74.